The Balaban J connectivity index is 1.75. The largest absolute Gasteiger partial charge is 0.354 e. The minimum absolute atomic E-state index is 0.207. The van der Waals surface area contributed by atoms with Crippen molar-refractivity contribution >= 4 is 49.8 Å². The maximum Gasteiger partial charge on any atom is 0.269 e. The van der Waals surface area contributed by atoms with Crippen LogP contribution in [0.2, 0.25) is 0 Å². The first-order valence-electron chi connectivity index (χ1n) is 11.4. The summed E-state index contributed by atoms with van der Waals surface area (Å²) in [4.78, 5) is 26.0. The van der Waals surface area contributed by atoms with Crippen molar-refractivity contribution in [3.8, 4) is 0 Å². The van der Waals surface area contributed by atoms with E-state index in [0.717, 1.165) is 16.5 Å². The van der Waals surface area contributed by atoms with Gasteiger partial charge in [-0.25, -0.2) is 18.4 Å². The van der Waals surface area contributed by atoms with Crippen LogP contribution in [0.25, 0.3) is 10.9 Å². The number of carbonyl (C=O) groups excluding carboxylic acids is 1. The van der Waals surface area contributed by atoms with Crippen molar-refractivity contribution in [3.05, 3.63) is 71.5 Å². The summed E-state index contributed by atoms with van der Waals surface area (Å²) in [6.07, 6.45) is 1.64. The number of anilines is 4. The van der Waals surface area contributed by atoms with Crippen LogP contribution in [0.4, 0.5) is 23.1 Å². The van der Waals surface area contributed by atoms with Crippen LogP contribution >= 0.6 is 0 Å². The molecule has 2 heterocycles. The molecule has 0 unspecified atom stereocenters. The molecule has 1 amide bonds. The first kappa shape index (κ1) is 25.1. The number of pyridine rings is 1. The van der Waals surface area contributed by atoms with Crippen LogP contribution in [0, 0.1) is 13.8 Å². The molecule has 0 radical (unpaired) electrons. The van der Waals surface area contributed by atoms with Crippen molar-refractivity contribution in [1.29, 1.82) is 0 Å². The molecular formula is C26H28N6O3S. The zero-order chi connectivity index (χ0) is 26.0. The molecule has 0 aliphatic heterocycles. The van der Waals surface area contributed by atoms with Gasteiger partial charge in [0.15, 0.2) is 9.84 Å². The minimum Gasteiger partial charge on any atom is -0.354 e. The Kier molecular flexibility index (Phi) is 6.89. The average molecular weight is 505 g/mol. The van der Waals surface area contributed by atoms with E-state index in [4.69, 9.17) is 0 Å². The molecule has 2 aromatic heterocycles. The highest BCUT2D eigenvalue weighted by Gasteiger charge is 2.23. The summed E-state index contributed by atoms with van der Waals surface area (Å²) in [6.45, 7) is 7.11. The van der Waals surface area contributed by atoms with Gasteiger partial charge in [0, 0.05) is 24.2 Å². The Bertz CT molecular complexity index is 1570. The average Bonchev–Trinajstić information content (AvgIpc) is 2.85. The van der Waals surface area contributed by atoms with Crippen molar-refractivity contribution in [2.75, 3.05) is 17.7 Å². The molecule has 0 aliphatic carbocycles. The van der Waals surface area contributed by atoms with E-state index in [1.165, 1.54) is 0 Å². The molecule has 4 rings (SSSR count). The highest BCUT2D eigenvalue weighted by molar-refractivity contribution is 7.92. The third-order valence-corrected chi connectivity index (χ3v) is 7.92. The second kappa shape index (κ2) is 9.90. The Hall–Kier alpha value is -4.05. The molecular weight excluding hydrogens is 476 g/mol. The Morgan fingerprint density at radius 1 is 0.944 bits per heavy atom. The lowest BCUT2D eigenvalue weighted by molar-refractivity contribution is 0.0958. The second-order valence-electron chi connectivity index (χ2n) is 8.72. The number of nitrogens with zero attached hydrogens (tertiary/aromatic N) is 3. The molecule has 9 nitrogen and oxygen atoms in total. The maximum atomic E-state index is 12.9. The van der Waals surface area contributed by atoms with E-state index in [9.17, 15) is 13.2 Å². The molecule has 0 spiro atoms. The van der Waals surface area contributed by atoms with E-state index in [1.807, 2.05) is 32.0 Å². The number of para-hydroxylation sites is 1. The van der Waals surface area contributed by atoms with Crippen LogP contribution in [0.15, 0.2) is 59.6 Å². The van der Waals surface area contributed by atoms with Gasteiger partial charge in [0.1, 0.15) is 11.5 Å². The van der Waals surface area contributed by atoms with Gasteiger partial charge in [0.2, 0.25) is 5.95 Å². The van der Waals surface area contributed by atoms with Gasteiger partial charge < -0.3 is 16.0 Å². The number of rotatable bonds is 7. The first-order valence-corrected chi connectivity index (χ1v) is 13.0. The SMILES string of the molecule is CNC(=O)c1cc(Nc2ncc(C)c(Nc3ccccc3S(=O)(=O)C(C)C)n2)c2cc(C)ccc2n1. The fourth-order valence-electron chi connectivity index (χ4n) is 3.64. The predicted octanol–water partition coefficient (Wildman–Crippen LogP) is 4.67. The highest BCUT2D eigenvalue weighted by atomic mass is 32.2. The number of hydrogen-bond donors (Lipinski definition) is 3. The Morgan fingerprint density at radius 2 is 1.69 bits per heavy atom. The zero-order valence-corrected chi connectivity index (χ0v) is 21.6. The zero-order valence-electron chi connectivity index (χ0n) is 20.7. The second-order valence-corrected chi connectivity index (χ2v) is 11.2. The van der Waals surface area contributed by atoms with Crippen molar-refractivity contribution in [3.63, 3.8) is 0 Å². The van der Waals surface area contributed by atoms with Crippen LogP contribution in [-0.2, 0) is 9.84 Å². The van der Waals surface area contributed by atoms with Gasteiger partial charge in [-0.15, -0.1) is 0 Å². The summed E-state index contributed by atoms with van der Waals surface area (Å²) in [6, 6.07) is 14.2. The summed E-state index contributed by atoms with van der Waals surface area (Å²) in [7, 11) is -1.96. The molecule has 2 aromatic carbocycles. The summed E-state index contributed by atoms with van der Waals surface area (Å²) >= 11 is 0. The Labute approximate surface area is 210 Å². The molecule has 186 valence electrons. The van der Waals surface area contributed by atoms with Gasteiger partial charge in [-0.1, -0.05) is 23.8 Å². The number of fused-ring (bicyclic) bond motifs is 1. The van der Waals surface area contributed by atoms with E-state index < -0.39 is 15.1 Å². The number of carbonyl (C=O) groups is 1. The van der Waals surface area contributed by atoms with E-state index in [2.05, 4.69) is 30.9 Å². The number of aromatic nitrogens is 3. The number of benzene rings is 2. The van der Waals surface area contributed by atoms with Gasteiger partial charge in [-0.05, 0) is 58.0 Å². The molecule has 0 atom stereocenters. The molecule has 0 bridgehead atoms. The van der Waals surface area contributed by atoms with E-state index >= 15 is 0 Å². The summed E-state index contributed by atoms with van der Waals surface area (Å²) < 4.78 is 25.8. The lowest BCUT2D eigenvalue weighted by atomic mass is 10.1. The van der Waals surface area contributed by atoms with Crippen LogP contribution < -0.4 is 16.0 Å². The van der Waals surface area contributed by atoms with Crippen molar-refractivity contribution in [2.24, 2.45) is 0 Å². The van der Waals surface area contributed by atoms with Crippen LogP contribution in [0.1, 0.15) is 35.5 Å². The van der Waals surface area contributed by atoms with Crippen LogP contribution in [0.5, 0.6) is 0 Å². The molecule has 3 N–H and O–H groups in total. The van der Waals surface area contributed by atoms with Gasteiger partial charge in [0.05, 0.1) is 27.0 Å². The van der Waals surface area contributed by atoms with Gasteiger partial charge >= 0.3 is 0 Å². The molecule has 0 aliphatic rings. The number of aryl methyl sites for hydroxylation is 2. The van der Waals surface area contributed by atoms with Crippen LogP contribution in [0.3, 0.4) is 0 Å². The standard InChI is InChI=1S/C26H28N6O3S/c1-15(2)36(34,35)23-9-7-6-8-20(23)30-24-17(4)14-28-26(32-24)31-21-13-22(25(33)27-5)29-19-11-10-16(3)12-18(19)21/h6-15H,1-5H3,(H,27,33)(H2,28,29,30,31,32). The molecule has 36 heavy (non-hydrogen) atoms. The Morgan fingerprint density at radius 3 is 2.42 bits per heavy atom. The lowest BCUT2D eigenvalue weighted by Gasteiger charge is -2.16. The summed E-state index contributed by atoms with van der Waals surface area (Å²) in [5, 5.41) is 9.22. The summed E-state index contributed by atoms with van der Waals surface area (Å²) in [5.74, 6) is 0.430. The fourth-order valence-corrected chi connectivity index (χ4v) is 4.84. The van der Waals surface area contributed by atoms with Crippen molar-refractivity contribution in [1.82, 2.24) is 20.3 Å². The normalized spacial score (nSPS) is 11.5. The number of nitrogens with one attached hydrogen (secondary N) is 3. The van der Waals surface area contributed by atoms with Gasteiger partial charge in [-0.2, -0.15) is 4.98 Å². The highest BCUT2D eigenvalue weighted by Crippen LogP contribution is 2.30. The molecule has 4 aromatic rings. The van der Waals surface area contributed by atoms with Crippen molar-refractivity contribution in [2.45, 2.75) is 37.8 Å². The molecule has 0 saturated carbocycles. The van der Waals surface area contributed by atoms with E-state index in [1.54, 1.807) is 57.4 Å². The fraction of sp³-hybridized carbons (Fsp3) is 0.231. The third kappa shape index (κ3) is 4.99. The van der Waals surface area contributed by atoms with Gasteiger partial charge in [0.25, 0.3) is 5.91 Å². The number of amides is 1. The smallest absolute Gasteiger partial charge is 0.269 e. The minimum atomic E-state index is -3.51. The maximum absolute atomic E-state index is 12.9. The topological polar surface area (TPSA) is 126 Å². The molecule has 10 heteroatoms. The quantitative estimate of drug-likeness (QED) is 0.331. The number of hydrogen-bond acceptors (Lipinski definition) is 8. The predicted molar refractivity (Wildman–Crippen MR) is 142 cm³/mol. The molecule has 0 saturated heterocycles. The lowest BCUT2D eigenvalue weighted by Crippen LogP contribution is -2.19. The summed E-state index contributed by atoms with van der Waals surface area (Å²) in [5.41, 5.74) is 3.75. The van der Waals surface area contributed by atoms with Crippen LogP contribution in [-0.4, -0.2) is 41.6 Å². The van der Waals surface area contributed by atoms with E-state index in [0.29, 0.717) is 22.7 Å². The first-order chi connectivity index (χ1) is 17.1. The molecule has 0 fully saturated rings. The monoisotopic (exact) mass is 504 g/mol. The third-order valence-electron chi connectivity index (χ3n) is 5.71. The number of sulfone groups is 1. The van der Waals surface area contributed by atoms with E-state index in [-0.39, 0.29) is 22.4 Å². The van der Waals surface area contributed by atoms with Gasteiger partial charge in [-0.3, -0.25) is 4.79 Å². The van der Waals surface area contributed by atoms with Crippen molar-refractivity contribution < 1.29 is 13.2 Å².